The summed E-state index contributed by atoms with van der Waals surface area (Å²) < 4.78 is 24.5. The number of fused-ring (bicyclic) bond motifs is 6. The van der Waals surface area contributed by atoms with Gasteiger partial charge in [-0.15, -0.1) is 0 Å². The highest BCUT2D eigenvalue weighted by atomic mass is 16.7. The summed E-state index contributed by atoms with van der Waals surface area (Å²) in [4.78, 5) is 0. The lowest BCUT2D eigenvalue weighted by atomic mass is 9.94. The fourth-order valence-electron chi connectivity index (χ4n) is 3.85. The summed E-state index contributed by atoms with van der Waals surface area (Å²) in [6.07, 6.45) is 3.07. The van der Waals surface area contributed by atoms with E-state index in [9.17, 15) is 0 Å². The largest absolute Gasteiger partial charge is 0.493 e. The topological polar surface area (TPSA) is 40.8 Å². The molecule has 0 bridgehead atoms. The summed E-state index contributed by atoms with van der Waals surface area (Å²) in [6.45, 7) is 1.19. The lowest BCUT2D eigenvalue weighted by molar-refractivity contribution is -0.686. The third-order valence-electron chi connectivity index (χ3n) is 5.03. The van der Waals surface area contributed by atoms with Gasteiger partial charge in [-0.05, 0) is 29.7 Å². The molecule has 0 aliphatic carbocycles. The normalized spacial score (nSPS) is 14.2. The minimum absolute atomic E-state index is 0.306. The molecular formula is C20H18NO4+. The van der Waals surface area contributed by atoms with Crippen molar-refractivity contribution in [3.63, 3.8) is 0 Å². The Balaban J connectivity index is 1.76. The summed E-state index contributed by atoms with van der Waals surface area (Å²) >= 11 is 0. The monoisotopic (exact) mass is 336 g/mol. The first kappa shape index (κ1) is 14.4. The number of ether oxygens (including phenoxy) is 4. The van der Waals surface area contributed by atoms with Crippen LogP contribution in [-0.4, -0.2) is 21.0 Å². The lowest BCUT2D eigenvalue weighted by Crippen LogP contribution is -2.40. The van der Waals surface area contributed by atoms with E-state index in [0.29, 0.717) is 6.79 Å². The maximum absolute atomic E-state index is 5.70. The second kappa shape index (κ2) is 5.28. The molecule has 1 aromatic heterocycles. The molecule has 2 aromatic carbocycles. The van der Waals surface area contributed by atoms with E-state index in [2.05, 4.69) is 29.0 Å². The predicted molar refractivity (Wildman–Crippen MR) is 92.5 cm³/mol. The van der Waals surface area contributed by atoms with Gasteiger partial charge in [0.05, 0.1) is 25.2 Å². The van der Waals surface area contributed by atoms with Crippen LogP contribution in [0.4, 0.5) is 0 Å². The van der Waals surface area contributed by atoms with Crippen LogP contribution in [0.5, 0.6) is 23.0 Å². The number of aryl methyl sites for hydroxylation is 1. The maximum Gasteiger partial charge on any atom is 0.231 e. The van der Waals surface area contributed by atoms with Crippen LogP contribution in [0.1, 0.15) is 5.56 Å². The minimum atomic E-state index is 0.306. The molecule has 2 aliphatic heterocycles. The van der Waals surface area contributed by atoms with Crippen molar-refractivity contribution in [1.29, 1.82) is 0 Å². The van der Waals surface area contributed by atoms with E-state index < -0.39 is 0 Å². The van der Waals surface area contributed by atoms with Gasteiger partial charge >= 0.3 is 0 Å². The average Bonchev–Trinajstić information content (AvgIpc) is 3.14. The summed E-state index contributed by atoms with van der Waals surface area (Å²) in [5.41, 5.74) is 3.61. The molecule has 0 unspecified atom stereocenters. The van der Waals surface area contributed by atoms with Gasteiger partial charge in [-0.1, -0.05) is 0 Å². The summed E-state index contributed by atoms with van der Waals surface area (Å²) in [6, 6.07) is 10.3. The Morgan fingerprint density at radius 3 is 2.80 bits per heavy atom. The highest BCUT2D eigenvalue weighted by Crippen LogP contribution is 2.43. The van der Waals surface area contributed by atoms with Crippen molar-refractivity contribution in [2.24, 2.45) is 0 Å². The molecule has 0 spiro atoms. The van der Waals surface area contributed by atoms with Crippen LogP contribution in [0.25, 0.3) is 22.0 Å². The van der Waals surface area contributed by atoms with Gasteiger partial charge in [0.15, 0.2) is 35.7 Å². The van der Waals surface area contributed by atoms with Crippen LogP contribution in [0.2, 0.25) is 0 Å². The fourth-order valence-corrected chi connectivity index (χ4v) is 3.85. The van der Waals surface area contributed by atoms with Gasteiger partial charge in [0, 0.05) is 18.1 Å². The SMILES string of the molecule is COc1ccc2cc3[n+](cc2c1OC)CCc1c-3ccc2c1OCO2. The Morgan fingerprint density at radius 1 is 1.04 bits per heavy atom. The first-order valence-corrected chi connectivity index (χ1v) is 8.30. The molecule has 3 aromatic rings. The first-order valence-electron chi connectivity index (χ1n) is 8.30. The standard InChI is InChI=1S/C20H18NO4/c1-22-17-5-3-12-9-16-13-4-6-18-20(25-11-24-18)14(13)7-8-21(16)10-15(12)19(17)23-2/h3-6,9-10H,7-8,11H2,1-2H3/q+1. The molecule has 5 heteroatoms. The van der Waals surface area contributed by atoms with Crippen LogP contribution in [0, 0.1) is 0 Å². The minimum Gasteiger partial charge on any atom is -0.493 e. The number of rotatable bonds is 2. The number of nitrogens with zero attached hydrogens (tertiary/aromatic N) is 1. The van der Waals surface area contributed by atoms with Gasteiger partial charge in [0.25, 0.3) is 0 Å². The molecule has 5 rings (SSSR count). The molecule has 0 amide bonds. The van der Waals surface area contributed by atoms with Crippen molar-refractivity contribution in [2.45, 2.75) is 13.0 Å². The van der Waals surface area contributed by atoms with Crippen molar-refractivity contribution in [3.8, 4) is 34.3 Å². The number of benzene rings is 2. The van der Waals surface area contributed by atoms with Gasteiger partial charge in [-0.3, -0.25) is 0 Å². The van der Waals surface area contributed by atoms with E-state index in [0.717, 1.165) is 46.7 Å². The Morgan fingerprint density at radius 2 is 1.96 bits per heavy atom. The molecule has 5 nitrogen and oxygen atoms in total. The number of methoxy groups -OCH3 is 2. The Hall–Kier alpha value is -2.95. The zero-order chi connectivity index (χ0) is 17.0. The second-order valence-corrected chi connectivity index (χ2v) is 6.23. The molecule has 25 heavy (non-hydrogen) atoms. The van der Waals surface area contributed by atoms with E-state index in [1.165, 1.54) is 16.8 Å². The van der Waals surface area contributed by atoms with Crippen LogP contribution < -0.4 is 23.5 Å². The number of aromatic nitrogens is 1. The molecular weight excluding hydrogens is 318 g/mol. The van der Waals surface area contributed by atoms with Crippen molar-refractivity contribution in [2.75, 3.05) is 21.0 Å². The quantitative estimate of drug-likeness (QED) is 0.674. The summed E-state index contributed by atoms with van der Waals surface area (Å²) in [5, 5.41) is 2.17. The van der Waals surface area contributed by atoms with Gasteiger partial charge < -0.3 is 18.9 Å². The van der Waals surface area contributed by atoms with E-state index in [-0.39, 0.29) is 0 Å². The van der Waals surface area contributed by atoms with E-state index >= 15 is 0 Å². The van der Waals surface area contributed by atoms with Crippen molar-refractivity contribution < 1.29 is 23.5 Å². The third-order valence-corrected chi connectivity index (χ3v) is 5.03. The van der Waals surface area contributed by atoms with Gasteiger partial charge in [-0.2, -0.15) is 4.57 Å². The number of hydrogen-bond donors (Lipinski definition) is 0. The Labute approximate surface area is 145 Å². The Kier molecular flexibility index (Phi) is 3.04. The third kappa shape index (κ3) is 1.98. The predicted octanol–water partition coefficient (Wildman–Crippen LogP) is 3.10. The molecule has 0 fully saturated rings. The Bertz CT molecular complexity index is 1010. The first-order chi connectivity index (χ1) is 12.3. The second-order valence-electron chi connectivity index (χ2n) is 6.23. The van der Waals surface area contributed by atoms with Crippen LogP contribution >= 0.6 is 0 Å². The molecule has 0 saturated carbocycles. The highest BCUT2D eigenvalue weighted by molar-refractivity contribution is 5.91. The molecule has 0 radical (unpaired) electrons. The molecule has 0 saturated heterocycles. The maximum atomic E-state index is 5.70. The molecule has 3 heterocycles. The van der Waals surface area contributed by atoms with Crippen molar-refractivity contribution in [1.82, 2.24) is 0 Å². The molecule has 0 N–H and O–H groups in total. The van der Waals surface area contributed by atoms with Crippen molar-refractivity contribution >= 4 is 10.8 Å². The number of hydrogen-bond acceptors (Lipinski definition) is 4. The zero-order valence-corrected chi connectivity index (χ0v) is 14.2. The molecule has 126 valence electrons. The zero-order valence-electron chi connectivity index (χ0n) is 14.2. The van der Waals surface area contributed by atoms with Gasteiger partial charge in [0.1, 0.15) is 0 Å². The molecule has 2 aliphatic rings. The fraction of sp³-hybridized carbons (Fsp3) is 0.250. The van der Waals surface area contributed by atoms with Gasteiger partial charge in [0.2, 0.25) is 12.5 Å². The van der Waals surface area contributed by atoms with Crippen LogP contribution in [-0.2, 0) is 13.0 Å². The van der Waals surface area contributed by atoms with Crippen molar-refractivity contribution in [3.05, 3.63) is 42.1 Å². The lowest BCUT2D eigenvalue weighted by Gasteiger charge is -2.18. The average molecular weight is 336 g/mol. The summed E-state index contributed by atoms with van der Waals surface area (Å²) in [7, 11) is 3.34. The summed E-state index contributed by atoms with van der Waals surface area (Å²) in [5.74, 6) is 3.26. The van der Waals surface area contributed by atoms with Gasteiger partial charge in [-0.25, -0.2) is 0 Å². The number of pyridine rings is 1. The van der Waals surface area contributed by atoms with Crippen LogP contribution in [0.3, 0.4) is 0 Å². The highest BCUT2D eigenvalue weighted by Gasteiger charge is 2.30. The van der Waals surface area contributed by atoms with Crippen LogP contribution in [0.15, 0.2) is 36.5 Å². The molecule has 0 atom stereocenters. The smallest absolute Gasteiger partial charge is 0.231 e. The van der Waals surface area contributed by atoms with E-state index in [1.54, 1.807) is 14.2 Å². The van der Waals surface area contributed by atoms with E-state index in [4.69, 9.17) is 18.9 Å². The van der Waals surface area contributed by atoms with E-state index in [1.807, 2.05) is 12.1 Å².